The fourth-order valence-electron chi connectivity index (χ4n) is 3.06. The highest BCUT2D eigenvalue weighted by Gasteiger charge is 2.31. The number of carbonyl (C=O) groups is 2. The minimum atomic E-state index is -3.64. The molecule has 2 rings (SSSR count). The third-order valence-corrected chi connectivity index (χ3v) is 5.13. The maximum Gasteiger partial charge on any atom is 0.309 e. The molecule has 182 valence electrons. The molecule has 0 saturated carbocycles. The summed E-state index contributed by atoms with van der Waals surface area (Å²) in [6.45, 7) is 4.02. The van der Waals surface area contributed by atoms with Crippen LogP contribution in [0.25, 0.3) is 0 Å². The van der Waals surface area contributed by atoms with Gasteiger partial charge in [0.25, 0.3) is 5.91 Å². The summed E-state index contributed by atoms with van der Waals surface area (Å²) in [7, 11) is -3.64. The average Bonchev–Trinajstić information content (AvgIpc) is 3.18. The van der Waals surface area contributed by atoms with E-state index in [1.807, 2.05) is 48.9 Å². The molecule has 0 bridgehead atoms. The van der Waals surface area contributed by atoms with Crippen LogP contribution in [0.5, 0.6) is 0 Å². The van der Waals surface area contributed by atoms with Crippen LogP contribution in [0.3, 0.4) is 0 Å². The Bertz CT molecular complexity index is 1020. The van der Waals surface area contributed by atoms with Crippen molar-refractivity contribution in [3.05, 3.63) is 47.9 Å². The number of nitrogens with zero attached hydrogens (tertiary/aromatic N) is 1. The first-order valence-electron chi connectivity index (χ1n) is 10.4. The molecule has 12 heteroatoms. The van der Waals surface area contributed by atoms with E-state index < -0.39 is 40.1 Å². The van der Waals surface area contributed by atoms with Gasteiger partial charge in [0.05, 0.1) is 24.8 Å². The topological polar surface area (TPSA) is 171 Å². The zero-order valence-electron chi connectivity index (χ0n) is 18.7. The standard InChI is InChI=1S/C21H30N4O7S/c1-13(2)9-15(23-20(29)16-12-32-21(24-16)25-33(3,30)31)19(28)17(26)10-18(27)22-11-14-7-5-4-6-8-14/h4-8,12-13,15,17,19,26,28H,9-11H2,1-3H3,(H,22,27)(H,23,29)(H,24,25)/t15-,17+,19+/m0/s1. The second-order valence-corrected chi connectivity index (χ2v) is 9.89. The lowest BCUT2D eigenvalue weighted by molar-refractivity contribution is -0.125. The summed E-state index contributed by atoms with van der Waals surface area (Å²) in [6, 6.07) is 7.97. The number of aromatic nitrogens is 1. The number of aliphatic hydroxyl groups excluding tert-OH is 2. The van der Waals surface area contributed by atoms with Crippen molar-refractivity contribution >= 4 is 27.9 Å². The molecule has 0 aliphatic heterocycles. The van der Waals surface area contributed by atoms with Crippen LogP contribution >= 0.6 is 0 Å². The van der Waals surface area contributed by atoms with Crippen molar-refractivity contribution < 1.29 is 32.6 Å². The lowest BCUT2D eigenvalue weighted by Crippen LogP contribution is -2.50. The number of amides is 2. The van der Waals surface area contributed by atoms with Crippen molar-refractivity contribution in [2.75, 3.05) is 11.0 Å². The maximum atomic E-state index is 12.5. The number of rotatable bonds is 12. The van der Waals surface area contributed by atoms with Crippen molar-refractivity contribution in [3.8, 4) is 0 Å². The molecule has 0 radical (unpaired) electrons. The van der Waals surface area contributed by atoms with E-state index in [-0.39, 0.29) is 30.6 Å². The fourth-order valence-corrected chi connectivity index (χ4v) is 3.48. The molecule has 0 aliphatic carbocycles. The van der Waals surface area contributed by atoms with E-state index in [1.165, 1.54) is 0 Å². The summed E-state index contributed by atoms with van der Waals surface area (Å²) >= 11 is 0. The second-order valence-electron chi connectivity index (χ2n) is 8.15. The van der Waals surface area contributed by atoms with Gasteiger partial charge < -0.3 is 25.3 Å². The molecule has 0 aliphatic rings. The lowest BCUT2D eigenvalue weighted by atomic mass is 9.94. The number of carbonyl (C=O) groups excluding carboxylic acids is 2. The molecule has 0 spiro atoms. The highest BCUT2D eigenvalue weighted by Crippen LogP contribution is 2.15. The predicted octanol–water partition coefficient (Wildman–Crippen LogP) is 0.619. The van der Waals surface area contributed by atoms with Gasteiger partial charge in [0.2, 0.25) is 15.9 Å². The van der Waals surface area contributed by atoms with E-state index in [2.05, 4.69) is 15.6 Å². The number of benzene rings is 1. The summed E-state index contributed by atoms with van der Waals surface area (Å²) in [6.07, 6.45) is -1.03. The number of sulfonamides is 1. The number of hydrogen-bond acceptors (Lipinski definition) is 8. The first-order valence-corrected chi connectivity index (χ1v) is 12.2. The highest BCUT2D eigenvalue weighted by atomic mass is 32.2. The van der Waals surface area contributed by atoms with Crippen molar-refractivity contribution in [1.29, 1.82) is 0 Å². The Morgan fingerprint density at radius 3 is 2.42 bits per heavy atom. The molecule has 0 unspecified atom stereocenters. The van der Waals surface area contributed by atoms with Crippen LogP contribution in [-0.4, -0.2) is 59.9 Å². The number of hydrogen-bond donors (Lipinski definition) is 5. The van der Waals surface area contributed by atoms with Crippen LogP contribution in [0.15, 0.2) is 41.0 Å². The van der Waals surface area contributed by atoms with E-state index in [0.717, 1.165) is 18.1 Å². The molecular formula is C21H30N4O7S. The van der Waals surface area contributed by atoms with Gasteiger partial charge in [0.15, 0.2) is 5.69 Å². The smallest absolute Gasteiger partial charge is 0.309 e. The molecule has 0 fully saturated rings. The van der Waals surface area contributed by atoms with Gasteiger partial charge in [-0.25, -0.2) is 13.1 Å². The van der Waals surface area contributed by atoms with Gasteiger partial charge >= 0.3 is 6.01 Å². The number of nitrogens with one attached hydrogen (secondary N) is 3. The van der Waals surface area contributed by atoms with Crippen LogP contribution < -0.4 is 15.4 Å². The van der Waals surface area contributed by atoms with Crippen molar-refractivity contribution in [2.24, 2.45) is 5.92 Å². The van der Waals surface area contributed by atoms with Crippen LogP contribution in [0.2, 0.25) is 0 Å². The van der Waals surface area contributed by atoms with Gasteiger partial charge in [0, 0.05) is 6.54 Å². The Kier molecular flexibility index (Phi) is 9.38. The zero-order valence-corrected chi connectivity index (χ0v) is 19.5. The van der Waals surface area contributed by atoms with Crippen molar-refractivity contribution in [1.82, 2.24) is 15.6 Å². The molecule has 2 amide bonds. The van der Waals surface area contributed by atoms with Gasteiger partial charge in [-0.1, -0.05) is 44.2 Å². The molecule has 0 saturated heterocycles. The Morgan fingerprint density at radius 2 is 1.82 bits per heavy atom. The molecule has 1 heterocycles. The van der Waals surface area contributed by atoms with E-state index >= 15 is 0 Å². The number of aliphatic hydroxyl groups is 2. The Labute approximate surface area is 192 Å². The normalized spacial score (nSPS) is 14.4. The second kappa shape index (κ2) is 11.8. The third-order valence-electron chi connectivity index (χ3n) is 4.58. The van der Waals surface area contributed by atoms with Crippen molar-refractivity contribution in [3.63, 3.8) is 0 Å². The van der Waals surface area contributed by atoms with Gasteiger partial charge in [-0.2, -0.15) is 4.98 Å². The fraction of sp³-hybridized carbons (Fsp3) is 0.476. The molecule has 11 nitrogen and oxygen atoms in total. The van der Waals surface area contributed by atoms with Gasteiger partial charge in [-0.05, 0) is 17.9 Å². The van der Waals surface area contributed by atoms with Gasteiger partial charge in [-0.15, -0.1) is 0 Å². The summed E-state index contributed by atoms with van der Waals surface area (Å²) < 4.78 is 29.4. The highest BCUT2D eigenvalue weighted by molar-refractivity contribution is 7.91. The van der Waals surface area contributed by atoms with E-state index in [4.69, 9.17) is 4.42 Å². The molecule has 1 aromatic heterocycles. The van der Waals surface area contributed by atoms with Crippen molar-refractivity contribution in [2.45, 2.75) is 51.5 Å². The minimum Gasteiger partial charge on any atom is -0.431 e. The predicted molar refractivity (Wildman–Crippen MR) is 121 cm³/mol. The van der Waals surface area contributed by atoms with Gasteiger partial charge in [0.1, 0.15) is 12.4 Å². The van der Waals surface area contributed by atoms with Crippen LogP contribution in [0, 0.1) is 5.92 Å². The summed E-state index contributed by atoms with van der Waals surface area (Å²) in [4.78, 5) is 28.5. The van der Waals surface area contributed by atoms with Crippen LogP contribution in [0.4, 0.5) is 6.01 Å². The molecule has 5 N–H and O–H groups in total. The SMILES string of the molecule is CC(C)C[C@H](NC(=O)c1coc(NS(C)(=O)=O)n1)[C@@H](O)[C@H](O)CC(=O)NCc1ccccc1. The number of oxazole rings is 1. The maximum absolute atomic E-state index is 12.5. The molecule has 2 aromatic rings. The monoisotopic (exact) mass is 482 g/mol. The summed E-state index contributed by atoms with van der Waals surface area (Å²) in [5, 5.41) is 26.3. The van der Waals surface area contributed by atoms with Crippen LogP contribution in [0.1, 0.15) is 42.7 Å². The van der Waals surface area contributed by atoms with E-state index in [9.17, 15) is 28.2 Å². The first-order chi connectivity index (χ1) is 15.4. The largest absolute Gasteiger partial charge is 0.431 e. The average molecular weight is 483 g/mol. The number of anilines is 1. The lowest BCUT2D eigenvalue weighted by Gasteiger charge is -2.28. The minimum absolute atomic E-state index is 0.0452. The Hall–Kier alpha value is -2.96. The van der Waals surface area contributed by atoms with Crippen LogP contribution in [-0.2, 0) is 21.4 Å². The van der Waals surface area contributed by atoms with E-state index in [0.29, 0.717) is 6.42 Å². The van der Waals surface area contributed by atoms with Gasteiger partial charge in [-0.3, -0.25) is 9.59 Å². The quantitative estimate of drug-likeness (QED) is 0.293. The first kappa shape index (κ1) is 26.3. The Morgan fingerprint density at radius 1 is 1.15 bits per heavy atom. The Balaban J connectivity index is 1.97. The van der Waals surface area contributed by atoms with E-state index in [1.54, 1.807) is 0 Å². The third kappa shape index (κ3) is 9.20. The molecule has 3 atom stereocenters. The zero-order chi connectivity index (χ0) is 24.6. The summed E-state index contributed by atoms with van der Waals surface area (Å²) in [5.74, 6) is -1.14. The molecule has 1 aromatic carbocycles. The summed E-state index contributed by atoms with van der Waals surface area (Å²) in [5.41, 5.74) is 0.681. The molecular weight excluding hydrogens is 452 g/mol. The molecule has 33 heavy (non-hydrogen) atoms.